The second kappa shape index (κ2) is 13.9. The average molecular weight is 695 g/mol. The zero-order chi connectivity index (χ0) is 35.8. The summed E-state index contributed by atoms with van der Waals surface area (Å²) in [4.78, 5) is 2.51. The predicted octanol–water partition coefficient (Wildman–Crippen LogP) is 14.8. The number of nitrogens with zero attached hydrogens (tertiary/aromatic N) is 2. The molecule has 0 aliphatic heterocycles. The quantitative estimate of drug-likeness (QED) is 0.161. The number of rotatable bonds is 7. The first-order chi connectivity index (χ1) is 26.8. The van der Waals surface area contributed by atoms with Crippen molar-refractivity contribution in [1.82, 2.24) is 4.57 Å². The van der Waals surface area contributed by atoms with E-state index in [-0.39, 0.29) is 0 Å². The molecule has 0 N–H and O–H groups in total. The van der Waals surface area contributed by atoms with Crippen LogP contribution in [-0.2, 0) is 0 Å². The van der Waals surface area contributed by atoms with Crippen LogP contribution in [0.15, 0.2) is 188 Å². The Hall–Kier alpha value is -6.38. The molecule has 1 heterocycles. The van der Waals surface area contributed by atoms with E-state index in [0.29, 0.717) is 5.92 Å². The van der Waals surface area contributed by atoms with Crippen molar-refractivity contribution in [3.05, 3.63) is 194 Å². The number of anilines is 3. The Balaban J connectivity index is 1.26. The number of hydrogen-bond acceptors (Lipinski definition) is 1. The van der Waals surface area contributed by atoms with Gasteiger partial charge in [0, 0.05) is 33.3 Å². The van der Waals surface area contributed by atoms with Gasteiger partial charge in [0.25, 0.3) is 0 Å². The third kappa shape index (κ3) is 5.58. The molecule has 260 valence electrons. The Morgan fingerprint density at radius 3 is 1.85 bits per heavy atom. The lowest BCUT2D eigenvalue weighted by Crippen LogP contribution is -2.13. The van der Waals surface area contributed by atoms with Crippen molar-refractivity contribution in [2.45, 2.75) is 38.0 Å². The number of fused-ring (bicyclic) bond motifs is 4. The molecule has 1 aliphatic rings. The SMILES string of the molecule is c1ccc(-c2ccccc2N(c2ccc3c4ccccc4n(-c4ccccc4)c3c2)c2ccccc2-c2cccc3cccc(C4CCCCC4)c23)cc1. The van der Waals surface area contributed by atoms with Crippen LogP contribution < -0.4 is 4.90 Å². The fraction of sp³-hybridized carbons (Fsp3) is 0.115. The molecule has 0 unspecified atom stereocenters. The molecule has 1 aromatic heterocycles. The van der Waals surface area contributed by atoms with E-state index < -0.39 is 0 Å². The van der Waals surface area contributed by atoms with Gasteiger partial charge in [0.1, 0.15) is 0 Å². The van der Waals surface area contributed by atoms with Crippen molar-refractivity contribution in [1.29, 1.82) is 0 Å². The molecule has 2 nitrogen and oxygen atoms in total. The fourth-order valence-corrected chi connectivity index (χ4v) is 9.14. The molecule has 0 spiro atoms. The van der Waals surface area contributed by atoms with Gasteiger partial charge in [-0.3, -0.25) is 0 Å². The van der Waals surface area contributed by atoms with E-state index in [4.69, 9.17) is 0 Å². The van der Waals surface area contributed by atoms with Gasteiger partial charge < -0.3 is 9.47 Å². The molecular weight excluding hydrogens is 653 g/mol. The van der Waals surface area contributed by atoms with Crippen LogP contribution in [0, 0.1) is 0 Å². The second-order valence-electron chi connectivity index (χ2n) is 14.7. The summed E-state index contributed by atoms with van der Waals surface area (Å²) in [6.45, 7) is 0. The maximum atomic E-state index is 2.51. The summed E-state index contributed by atoms with van der Waals surface area (Å²) < 4.78 is 2.42. The zero-order valence-corrected chi connectivity index (χ0v) is 30.4. The molecule has 1 aliphatic carbocycles. The minimum absolute atomic E-state index is 0.591. The molecule has 10 rings (SSSR count). The highest BCUT2D eigenvalue weighted by Crippen LogP contribution is 2.48. The van der Waals surface area contributed by atoms with E-state index >= 15 is 0 Å². The smallest absolute Gasteiger partial charge is 0.0561 e. The highest BCUT2D eigenvalue weighted by molar-refractivity contribution is 6.11. The minimum atomic E-state index is 0.591. The molecule has 9 aromatic rings. The topological polar surface area (TPSA) is 8.17 Å². The predicted molar refractivity (Wildman–Crippen MR) is 230 cm³/mol. The third-order valence-corrected chi connectivity index (χ3v) is 11.6. The van der Waals surface area contributed by atoms with Crippen molar-refractivity contribution in [2.24, 2.45) is 0 Å². The fourth-order valence-electron chi connectivity index (χ4n) is 9.14. The summed E-state index contributed by atoms with van der Waals surface area (Å²) in [5, 5.41) is 5.21. The molecule has 0 radical (unpaired) electrons. The molecule has 0 bridgehead atoms. The summed E-state index contributed by atoms with van der Waals surface area (Å²) in [6.07, 6.45) is 6.50. The highest BCUT2D eigenvalue weighted by atomic mass is 15.1. The average Bonchev–Trinajstić information content (AvgIpc) is 3.58. The van der Waals surface area contributed by atoms with Gasteiger partial charge in [0.15, 0.2) is 0 Å². The summed E-state index contributed by atoms with van der Waals surface area (Å²) in [5.74, 6) is 0.591. The molecule has 54 heavy (non-hydrogen) atoms. The highest BCUT2D eigenvalue weighted by Gasteiger charge is 2.25. The molecule has 0 saturated heterocycles. The largest absolute Gasteiger partial charge is 0.309 e. The Bertz CT molecular complexity index is 2750. The molecule has 2 heteroatoms. The second-order valence-corrected chi connectivity index (χ2v) is 14.7. The van der Waals surface area contributed by atoms with Crippen LogP contribution in [-0.4, -0.2) is 4.57 Å². The van der Waals surface area contributed by atoms with Crippen molar-refractivity contribution >= 4 is 49.6 Å². The maximum Gasteiger partial charge on any atom is 0.0561 e. The van der Waals surface area contributed by atoms with Crippen LogP contribution in [0.5, 0.6) is 0 Å². The Morgan fingerprint density at radius 1 is 0.444 bits per heavy atom. The summed E-state index contributed by atoms with van der Waals surface area (Å²) >= 11 is 0. The molecule has 0 atom stereocenters. The lowest BCUT2D eigenvalue weighted by Gasteiger charge is -2.31. The summed E-state index contributed by atoms with van der Waals surface area (Å²) in [6, 6.07) is 69.2. The lowest BCUT2D eigenvalue weighted by atomic mass is 9.80. The molecule has 1 fully saturated rings. The summed E-state index contributed by atoms with van der Waals surface area (Å²) in [7, 11) is 0. The molecule has 8 aromatic carbocycles. The van der Waals surface area contributed by atoms with Crippen LogP contribution in [0.2, 0.25) is 0 Å². The molecule has 1 saturated carbocycles. The number of benzene rings is 8. The van der Waals surface area contributed by atoms with Gasteiger partial charge in [-0.25, -0.2) is 0 Å². The van der Waals surface area contributed by atoms with Gasteiger partial charge in [-0.1, -0.05) is 165 Å². The van der Waals surface area contributed by atoms with Crippen LogP contribution in [0.3, 0.4) is 0 Å². The van der Waals surface area contributed by atoms with Crippen molar-refractivity contribution in [2.75, 3.05) is 4.90 Å². The van der Waals surface area contributed by atoms with Gasteiger partial charge in [-0.2, -0.15) is 0 Å². The van der Waals surface area contributed by atoms with E-state index in [1.807, 2.05) is 0 Å². The van der Waals surface area contributed by atoms with Crippen molar-refractivity contribution in [3.8, 4) is 27.9 Å². The van der Waals surface area contributed by atoms with Gasteiger partial charge in [0.05, 0.1) is 22.4 Å². The van der Waals surface area contributed by atoms with E-state index in [2.05, 4.69) is 198 Å². The van der Waals surface area contributed by atoms with E-state index in [0.717, 1.165) is 22.7 Å². The lowest BCUT2D eigenvalue weighted by molar-refractivity contribution is 0.445. The first-order valence-electron chi connectivity index (χ1n) is 19.5. The Kier molecular flexibility index (Phi) is 8.30. The first-order valence-corrected chi connectivity index (χ1v) is 19.5. The molecular formula is C52H42N2. The van der Waals surface area contributed by atoms with Crippen molar-refractivity contribution in [3.63, 3.8) is 0 Å². The van der Waals surface area contributed by atoms with Gasteiger partial charge in [-0.15, -0.1) is 0 Å². The number of aromatic nitrogens is 1. The van der Waals surface area contributed by atoms with E-state index in [1.165, 1.54) is 92.5 Å². The zero-order valence-electron chi connectivity index (χ0n) is 30.4. The number of para-hydroxylation sites is 4. The molecule has 0 amide bonds. The Labute approximate surface area is 317 Å². The minimum Gasteiger partial charge on any atom is -0.309 e. The Morgan fingerprint density at radius 2 is 1.06 bits per heavy atom. The normalized spacial score (nSPS) is 13.5. The summed E-state index contributed by atoms with van der Waals surface area (Å²) in [5.41, 5.74) is 13.4. The van der Waals surface area contributed by atoms with Crippen LogP contribution >= 0.6 is 0 Å². The van der Waals surface area contributed by atoms with Crippen LogP contribution in [0.25, 0.3) is 60.5 Å². The van der Waals surface area contributed by atoms with Gasteiger partial charge >= 0.3 is 0 Å². The first kappa shape index (κ1) is 32.3. The standard InChI is InChI=1S/C52H42N2/c1-4-18-37(19-5-1)42-26-10-13-31-48(42)54(41-34-35-46-44-27-11-14-32-49(44)53(51(46)36-41)40-24-8-3-9-25-40)50-33-15-12-28-45(50)47-30-17-23-39-22-16-29-43(52(39)47)38-20-6-2-7-21-38/h1,3-5,8-19,22-36,38H,2,6-7,20-21H2. The van der Waals surface area contributed by atoms with Gasteiger partial charge in [0.2, 0.25) is 0 Å². The van der Waals surface area contributed by atoms with E-state index in [1.54, 1.807) is 0 Å². The third-order valence-electron chi connectivity index (χ3n) is 11.6. The van der Waals surface area contributed by atoms with Gasteiger partial charge in [-0.05, 0) is 88.7 Å². The van der Waals surface area contributed by atoms with E-state index in [9.17, 15) is 0 Å². The van der Waals surface area contributed by atoms with Crippen molar-refractivity contribution < 1.29 is 0 Å². The van der Waals surface area contributed by atoms with Crippen LogP contribution in [0.1, 0.15) is 43.6 Å². The maximum absolute atomic E-state index is 2.51. The monoisotopic (exact) mass is 694 g/mol. The van der Waals surface area contributed by atoms with Crippen LogP contribution in [0.4, 0.5) is 17.1 Å². The number of hydrogen-bond donors (Lipinski definition) is 0.